The standard InChI is InChI=1S/C20H20N2O5/c1-12-5-4-6-13(7-12)11-22-19(24)15(21-20(22)25)8-14-9-16(26-2)18(23)17(10-14)27-3/h4-10,23H,11H2,1-3H3,(H,21,25)/b15-8+. The third-order valence-electron chi connectivity index (χ3n) is 4.20. The molecule has 3 rings (SSSR count). The second-order valence-corrected chi connectivity index (χ2v) is 6.14. The van der Waals surface area contributed by atoms with Crippen LogP contribution in [0.1, 0.15) is 16.7 Å². The molecule has 0 aromatic heterocycles. The number of nitrogens with one attached hydrogen (secondary N) is 1. The van der Waals surface area contributed by atoms with Crippen LogP contribution in [-0.2, 0) is 11.3 Å². The monoisotopic (exact) mass is 368 g/mol. The molecule has 0 aliphatic carbocycles. The second-order valence-electron chi connectivity index (χ2n) is 6.14. The van der Waals surface area contributed by atoms with E-state index in [2.05, 4.69) is 5.32 Å². The van der Waals surface area contributed by atoms with E-state index < -0.39 is 11.9 Å². The van der Waals surface area contributed by atoms with E-state index in [-0.39, 0.29) is 29.5 Å². The van der Waals surface area contributed by atoms with Crippen LogP contribution in [0.2, 0.25) is 0 Å². The molecule has 140 valence electrons. The first-order valence-corrected chi connectivity index (χ1v) is 8.28. The number of benzene rings is 2. The van der Waals surface area contributed by atoms with Gasteiger partial charge in [-0.15, -0.1) is 0 Å². The Morgan fingerprint density at radius 2 is 1.78 bits per heavy atom. The van der Waals surface area contributed by atoms with Crippen LogP contribution in [0.3, 0.4) is 0 Å². The molecule has 1 aliphatic heterocycles. The number of phenols is 1. The molecule has 2 aromatic rings. The quantitative estimate of drug-likeness (QED) is 0.626. The number of aromatic hydroxyl groups is 1. The van der Waals surface area contributed by atoms with Gasteiger partial charge in [0.05, 0.1) is 20.8 Å². The van der Waals surface area contributed by atoms with Crippen LogP contribution >= 0.6 is 0 Å². The molecule has 0 unspecified atom stereocenters. The molecular formula is C20H20N2O5. The number of hydrogen-bond acceptors (Lipinski definition) is 5. The van der Waals surface area contributed by atoms with Gasteiger partial charge in [0, 0.05) is 0 Å². The molecule has 2 N–H and O–H groups in total. The summed E-state index contributed by atoms with van der Waals surface area (Å²) in [6.45, 7) is 2.14. The number of imide groups is 1. The summed E-state index contributed by atoms with van der Waals surface area (Å²) < 4.78 is 10.2. The van der Waals surface area contributed by atoms with E-state index in [0.29, 0.717) is 5.56 Å². The fourth-order valence-electron chi connectivity index (χ4n) is 2.87. The van der Waals surface area contributed by atoms with Crippen LogP contribution in [0, 0.1) is 6.92 Å². The number of ether oxygens (including phenoxy) is 2. The van der Waals surface area contributed by atoms with Crippen molar-refractivity contribution in [2.24, 2.45) is 0 Å². The highest BCUT2D eigenvalue weighted by Crippen LogP contribution is 2.37. The van der Waals surface area contributed by atoms with E-state index in [1.54, 1.807) is 12.1 Å². The van der Waals surface area contributed by atoms with Crippen LogP contribution < -0.4 is 14.8 Å². The Bertz CT molecular complexity index is 911. The van der Waals surface area contributed by atoms with E-state index in [9.17, 15) is 14.7 Å². The maximum atomic E-state index is 12.6. The van der Waals surface area contributed by atoms with Gasteiger partial charge in [-0.25, -0.2) is 4.79 Å². The van der Waals surface area contributed by atoms with E-state index in [4.69, 9.17) is 9.47 Å². The summed E-state index contributed by atoms with van der Waals surface area (Å²) in [5, 5.41) is 12.6. The maximum Gasteiger partial charge on any atom is 0.329 e. The predicted molar refractivity (Wildman–Crippen MR) is 99.4 cm³/mol. The van der Waals surface area contributed by atoms with Gasteiger partial charge in [-0.1, -0.05) is 29.8 Å². The lowest BCUT2D eigenvalue weighted by Crippen LogP contribution is -2.30. The van der Waals surface area contributed by atoms with Crippen molar-refractivity contribution in [3.05, 3.63) is 58.8 Å². The zero-order valence-corrected chi connectivity index (χ0v) is 15.3. The van der Waals surface area contributed by atoms with Gasteiger partial charge < -0.3 is 19.9 Å². The molecule has 3 amide bonds. The molecule has 7 heteroatoms. The summed E-state index contributed by atoms with van der Waals surface area (Å²) >= 11 is 0. The van der Waals surface area contributed by atoms with Crippen LogP contribution in [0.15, 0.2) is 42.1 Å². The third kappa shape index (κ3) is 3.72. The van der Waals surface area contributed by atoms with Crippen LogP contribution in [-0.4, -0.2) is 36.2 Å². The SMILES string of the molecule is COc1cc(/C=C2/NC(=O)N(Cc3cccc(C)c3)C2=O)cc(OC)c1O. The van der Waals surface area contributed by atoms with Gasteiger partial charge >= 0.3 is 6.03 Å². The average Bonchev–Trinajstić information content (AvgIpc) is 2.90. The smallest absolute Gasteiger partial charge is 0.329 e. The van der Waals surface area contributed by atoms with Crippen molar-refractivity contribution in [1.82, 2.24) is 10.2 Å². The van der Waals surface area contributed by atoms with Crippen molar-refractivity contribution in [2.45, 2.75) is 13.5 Å². The first-order valence-electron chi connectivity index (χ1n) is 8.28. The van der Waals surface area contributed by atoms with Gasteiger partial charge in [0.1, 0.15) is 5.70 Å². The maximum absolute atomic E-state index is 12.6. The number of rotatable bonds is 5. The van der Waals surface area contributed by atoms with E-state index in [0.717, 1.165) is 16.0 Å². The minimum Gasteiger partial charge on any atom is -0.502 e. The zero-order chi connectivity index (χ0) is 19.6. The summed E-state index contributed by atoms with van der Waals surface area (Å²) in [6.07, 6.45) is 1.51. The number of methoxy groups -OCH3 is 2. The lowest BCUT2D eigenvalue weighted by atomic mass is 10.1. The Balaban J connectivity index is 1.88. The number of urea groups is 1. The Kier molecular flexibility index (Phi) is 5.03. The number of carbonyl (C=O) groups is 2. The molecule has 2 aromatic carbocycles. The number of phenolic OH excluding ortho intramolecular Hbond substituents is 1. The molecule has 27 heavy (non-hydrogen) atoms. The van der Waals surface area contributed by atoms with Gasteiger partial charge in [-0.05, 0) is 36.3 Å². The zero-order valence-electron chi connectivity index (χ0n) is 15.3. The lowest BCUT2D eigenvalue weighted by Gasteiger charge is -2.12. The highest BCUT2D eigenvalue weighted by molar-refractivity contribution is 6.13. The van der Waals surface area contributed by atoms with Gasteiger partial charge in [0.2, 0.25) is 5.75 Å². The Hall–Kier alpha value is -3.48. The van der Waals surface area contributed by atoms with E-state index >= 15 is 0 Å². The van der Waals surface area contributed by atoms with Crippen molar-refractivity contribution in [2.75, 3.05) is 14.2 Å². The van der Waals surface area contributed by atoms with Crippen molar-refractivity contribution < 1.29 is 24.2 Å². The van der Waals surface area contributed by atoms with E-state index in [1.807, 2.05) is 31.2 Å². The number of nitrogens with zero attached hydrogens (tertiary/aromatic N) is 1. The fraction of sp³-hybridized carbons (Fsp3) is 0.200. The Morgan fingerprint density at radius 3 is 2.37 bits per heavy atom. The molecular weight excluding hydrogens is 348 g/mol. The van der Waals surface area contributed by atoms with Crippen LogP contribution in [0.25, 0.3) is 6.08 Å². The molecule has 0 atom stereocenters. The molecule has 1 fully saturated rings. The molecule has 1 heterocycles. The van der Waals surface area contributed by atoms with E-state index in [1.165, 1.54) is 20.3 Å². The largest absolute Gasteiger partial charge is 0.502 e. The molecule has 0 bridgehead atoms. The average molecular weight is 368 g/mol. The third-order valence-corrected chi connectivity index (χ3v) is 4.20. The summed E-state index contributed by atoms with van der Waals surface area (Å²) in [4.78, 5) is 26.0. The molecule has 0 spiro atoms. The van der Waals surface area contributed by atoms with Crippen molar-refractivity contribution in [3.8, 4) is 17.2 Å². The number of aryl methyl sites for hydroxylation is 1. The number of amides is 3. The summed E-state index contributed by atoms with van der Waals surface area (Å²) in [7, 11) is 2.83. The Labute approximate surface area is 156 Å². The van der Waals surface area contributed by atoms with Gasteiger partial charge in [0.25, 0.3) is 5.91 Å². The van der Waals surface area contributed by atoms with Gasteiger partial charge in [-0.2, -0.15) is 0 Å². The second kappa shape index (κ2) is 7.41. The highest BCUT2D eigenvalue weighted by Gasteiger charge is 2.33. The molecule has 7 nitrogen and oxygen atoms in total. The molecule has 0 radical (unpaired) electrons. The Morgan fingerprint density at radius 1 is 1.11 bits per heavy atom. The lowest BCUT2D eigenvalue weighted by molar-refractivity contribution is -0.123. The summed E-state index contributed by atoms with van der Waals surface area (Å²) in [5.41, 5.74) is 2.61. The minimum atomic E-state index is -0.481. The number of hydrogen-bond donors (Lipinski definition) is 2. The fourth-order valence-corrected chi connectivity index (χ4v) is 2.87. The first kappa shape index (κ1) is 18.3. The van der Waals surface area contributed by atoms with Crippen LogP contribution in [0.5, 0.6) is 17.2 Å². The topological polar surface area (TPSA) is 88.1 Å². The van der Waals surface area contributed by atoms with Crippen molar-refractivity contribution in [3.63, 3.8) is 0 Å². The van der Waals surface area contributed by atoms with Gasteiger partial charge in [-0.3, -0.25) is 9.69 Å². The highest BCUT2D eigenvalue weighted by atomic mass is 16.5. The molecule has 1 saturated heterocycles. The molecule has 1 aliphatic rings. The minimum absolute atomic E-state index is 0.134. The van der Waals surface area contributed by atoms with Crippen molar-refractivity contribution in [1.29, 1.82) is 0 Å². The van der Waals surface area contributed by atoms with Gasteiger partial charge in [0.15, 0.2) is 11.5 Å². The molecule has 0 saturated carbocycles. The summed E-state index contributed by atoms with van der Waals surface area (Å²) in [6, 6.07) is 10.2. The van der Waals surface area contributed by atoms with Crippen LogP contribution in [0.4, 0.5) is 4.79 Å². The first-order chi connectivity index (χ1) is 12.9. The summed E-state index contributed by atoms with van der Waals surface area (Å²) in [5.74, 6) is -0.151. The normalized spacial score (nSPS) is 15.2. The van der Waals surface area contributed by atoms with Crippen molar-refractivity contribution >= 4 is 18.0 Å². The predicted octanol–water partition coefficient (Wildman–Crippen LogP) is 2.81. The number of carbonyl (C=O) groups excluding carboxylic acids is 2.